The van der Waals surface area contributed by atoms with E-state index >= 15 is 0 Å². The van der Waals surface area contributed by atoms with Crippen LogP contribution < -0.4 is 0 Å². The van der Waals surface area contributed by atoms with Gasteiger partial charge in [0, 0.05) is 45.2 Å². The lowest BCUT2D eigenvalue weighted by molar-refractivity contribution is 0.755. The minimum absolute atomic E-state index is 0.0572. The van der Waals surface area contributed by atoms with E-state index in [1.54, 1.807) is 0 Å². The molecule has 0 spiro atoms. The van der Waals surface area contributed by atoms with Crippen LogP contribution in [0.3, 0.4) is 0 Å². The zero-order valence-electron chi connectivity index (χ0n) is 37.8. The van der Waals surface area contributed by atoms with Crippen molar-refractivity contribution in [1.82, 2.24) is 24.9 Å². The standard InChI is InChI=1S/C64H40N6/c65-39-40-26-28-41(29-27-40)45-20-12-22-48(34-45)57-38-58(67-61(66-57)42-14-4-1-5-15-42)49-23-13-21-46(35-49)47-30-32-53-55(36-47)59-51-24-10-11-25-52(51)60(53)56-37-50(31-33-54(56)59)64-69-62(43-16-6-2-7-17-43)68-63(70-64)44-18-8-3-9-19-44/h1-38,59-60H. The molecular formula is C64H40N6. The molecule has 6 nitrogen and oxygen atoms in total. The van der Waals surface area contributed by atoms with Crippen LogP contribution in [-0.4, -0.2) is 24.9 Å². The van der Waals surface area contributed by atoms with E-state index in [2.05, 4.69) is 133 Å². The molecule has 0 saturated carbocycles. The van der Waals surface area contributed by atoms with Crippen molar-refractivity contribution >= 4 is 0 Å². The Kier molecular flexibility index (Phi) is 9.92. The summed E-state index contributed by atoms with van der Waals surface area (Å²) in [7, 11) is 0. The normalized spacial score (nSPS) is 14.0. The summed E-state index contributed by atoms with van der Waals surface area (Å²) >= 11 is 0. The van der Waals surface area contributed by atoms with Gasteiger partial charge in [0.15, 0.2) is 23.3 Å². The van der Waals surface area contributed by atoms with Crippen LogP contribution in [0.25, 0.3) is 90.3 Å². The van der Waals surface area contributed by atoms with E-state index in [0.29, 0.717) is 28.9 Å². The molecule has 2 atom stereocenters. The average Bonchev–Trinajstić information content (AvgIpc) is 3.45. The second-order valence-corrected chi connectivity index (χ2v) is 17.9. The lowest BCUT2D eigenvalue weighted by atomic mass is 9.60. The maximum Gasteiger partial charge on any atom is 0.164 e. The first-order valence-corrected chi connectivity index (χ1v) is 23.5. The van der Waals surface area contributed by atoms with Gasteiger partial charge in [0.1, 0.15) is 0 Å². The van der Waals surface area contributed by atoms with E-state index < -0.39 is 0 Å². The monoisotopic (exact) mass is 892 g/mol. The van der Waals surface area contributed by atoms with Crippen LogP contribution in [0.4, 0.5) is 0 Å². The highest BCUT2D eigenvalue weighted by molar-refractivity contribution is 5.80. The zero-order chi connectivity index (χ0) is 46.5. The van der Waals surface area contributed by atoms with E-state index in [9.17, 15) is 5.26 Å². The molecule has 11 aromatic rings. The Morgan fingerprint density at radius 2 is 0.614 bits per heavy atom. The van der Waals surface area contributed by atoms with Crippen molar-refractivity contribution in [2.75, 3.05) is 0 Å². The molecule has 70 heavy (non-hydrogen) atoms. The number of nitriles is 1. The highest BCUT2D eigenvalue weighted by Gasteiger charge is 2.41. The van der Waals surface area contributed by atoms with Gasteiger partial charge in [-0.05, 0) is 98.1 Å². The summed E-state index contributed by atoms with van der Waals surface area (Å²) < 4.78 is 0. The fourth-order valence-corrected chi connectivity index (χ4v) is 10.4. The SMILES string of the molecule is N#Cc1ccc(-c2cccc(-c3cc(-c4cccc(-c5ccc6c(c5)C5c7ccccc7C6c6cc(-c7nc(-c8ccccc8)nc(-c8ccccc8)n7)ccc65)c4)nc(-c4ccccc4)n3)c2)cc1. The van der Waals surface area contributed by atoms with Crippen LogP contribution in [0, 0.1) is 11.3 Å². The van der Waals surface area contributed by atoms with Gasteiger partial charge in [-0.2, -0.15) is 5.26 Å². The molecule has 9 aromatic carbocycles. The van der Waals surface area contributed by atoms with Crippen LogP contribution in [0.2, 0.25) is 0 Å². The zero-order valence-corrected chi connectivity index (χ0v) is 37.8. The summed E-state index contributed by atoms with van der Waals surface area (Å²) in [6.45, 7) is 0. The van der Waals surface area contributed by atoms with Crippen LogP contribution in [-0.2, 0) is 0 Å². The highest BCUT2D eigenvalue weighted by Crippen LogP contribution is 2.56. The minimum atomic E-state index is 0.0572. The van der Waals surface area contributed by atoms with Gasteiger partial charge in [-0.1, -0.05) is 188 Å². The summed E-state index contributed by atoms with van der Waals surface area (Å²) in [5, 5.41) is 9.38. The fourth-order valence-electron chi connectivity index (χ4n) is 10.4. The third-order valence-electron chi connectivity index (χ3n) is 13.7. The highest BCUT2D eigenvalue weighted by atomic mass is 15.0. The van der Waals surface area contributed by atoms with Crippen molar-refractivity contribution in [3.63, 3.8) is 0 Å². The third kappa shape index (κ3) is 7.25. The van der Waals surface area contributed by atoms with E-state index in [-0.39, 0.29) is 11.8 Å². The molecule has 14 rings (SSSR count). The molecule has 6 heteroatoms. The number of nitrogens with zero attached hydrogens (tertiary/aromatic N) is 6. The molecule has 2 unspecified atom stereocenters. The van der Waals surface area contributed by atoms with Gasteiger partial charge in [-0.15, -0.1) is 0 Å². The molecule has 3 aliphatic carbocycles. The number of hydrogen-bond donors (Lipinski definition) is 0. The quantitative estimate of drug-likeness (QED) is 0.151. The summed E-state index contributed by atoms with van der Waals surface area (Å²) in [4.78, 5) is 25.5. The van der Waals surface area contributed by atoms with Crippen molar-refractivity contribution in [3.05, 3.63) is 269 Å². The van der Waals surface area contributed by atoms with Crippen molar-refractivity contribution in [2.45, 2.75) is 11.8 Å². The van der Waals surface area contributed by atoms with Gasteiger partial charge in [0.25, 0.3) is 0 Å². The average molecular weight is 893 g/mol. The molecule has 2 heterocycles. The van der Waals surface area contributed by atoms with Crippen LogP contribution in [0.1, 0.15) is 50.8 Å². The Bertz CT molecular complexity index is 3790. The van der Waals surface area contributed by atoms with Crippen LogP contribution in [0.15, 0.2) is 231 Å². The molecule has 3 aliphatic rings. The molecule has 0 amide bonds. The van der Waals surface area contributed by atoms with Gasteiger partial charge in [0.05, 0.1) is 23.0 Å². The molecule has 2 bridgehead atoms. The first-order valence-electron chi connectivity index (χ1n) is 23.5. The molecule has 0 saturated heterocycles. The van der Waals surface area contributed by atoms with Crippen LogP contribution >= 0.6 is 0 Å². The number of aromatic nitrogens is 5. The summed E-state index contributed by atoms with van der Waals surface area (Å²) in [6, 6.07) is 82.4. The maximum atomic E-state index is 9.38. The molecule has 0 N–H and O–H groups in total. The predicted octanol–water partition coefficient (Wildman–Crippen LogP) is 14.9. The minimum Gasteiger partial charge on any atom is -0.228 e. The Morgan fingerprint density at radius 3 is 1.11 bits per heavy atom. The van der Waals surface area contributed by atoms with Crippen molar-refractivity contribution in [2.24, 2.45) is 0 Å². The second kappa shape index (κ2) is 17.0. The van der Waals surface area contributed by atoms with Gasteiger partial charge >= 0.3 is 0 Å². The topological polar surface area (TPSA) is 88.2 Å². The molecule has 2 aromatic heterocycles. The second-order valence-electron chi connectivity index (χ2n) is 17.9. The first kappa shape index (κ1) is 40.8. The van der Waals surface area contributed by atoms with Crippen molar-refractivity contribution < 1.29 is 0 Å². The number of rotatable bonds is 8. The Hall–Kier alpha value is -9.44. The Labute approximate surface area is 406 Å². The molecular weight excluding hydrogens is 853 g/mol. The number of hydrogen-bond acceptors (Lipinski definition) is 6. The van der Waals surface area contributed by atoms with Crippen LogP contribution in [0.5, 0.6) is 0 Å². The number of benzene rings is 9. The molecule has 0 aliphatic heterocycles. The summed E-state index contributed by atoms with van der Waals surface area (Å²) in [5.41, 5.74) is 20.5. The predicted molar refractivity (Wildman–Crippen MR) is 278 cm³/mol. The van der Waals surface area contributed by atoms with E-state index in [4.69, 9.17) is 24.9 Å². The summed E-state index contributed by atoms with van der Waals surface area (Å²) in [6.07, 6.45) is 0. The largest absolute Gasteiger partial charge is 0.228 e. The lowest BCUT2D eigenvalue weighted by Crippen LogP contribution is -2.27. The lowest BCUT2D eigenvalue weighted by Gasteiger charge is -2.42. The van der Waals surface area contributed by atoms with E-state index in [1.165, 1.54) is 33.4 Å². The first-order chi connectivity index (χ1) is 34.6. The smallest absolute Gasteiger partial charge is 0.164 e. The molecule has 0 fully saturated rings. The third-order valence-corrected chi connectivity index (χ3v) is 13.7. The van der Waals surface area contributed by atoms with Crippen molar-refractivity contribution in [1.29, 1.82) is 5.26 Å². The van der Waals surface area contributed by atoms with E-state index in [1.807, 2.05) is 103 Å². The van der Waals surface area contributed by atoms with Gasteiger partial charge in [-0.25, -0.2) is 24.9 Å². The van der Waals surface area contributed by atoms with E-state index in [0.717, 1.165) is 67.0 Å². The summed E-state index contributed by atoms with van der Waals surface area (Å²) in [5.74, 6) is 2.75. The van der Waals surface area contributed by atoms with Gasteiger partial charge < -0.3 is 0 Å². The van der Waals surface area contributed by atoms with Gasteiger partial charge in [0.2, 0.25) is 0 Å². The fraction of sp³-hybridized carbons (Fsp3) is 0.0312. The van der Waals surface area contributed by atoms with Gasteiger partial charge in [-0.3, -0.25) is 0 Å². The molecule has 326 valence electrons. The Morgan fingerprint density at radius 1 is 0.257 bits per heavy atom. The molecule has 0 radical (unpaired) electrons. The Balaban J connectivity index is 0.882. The van der Waals surface area contributed by atoms with Crippen molar-refractivity contribution in [3.8, 4) is 96.4 Å². The maximum absolute atomic E-state index is 9.38.